The number of aromatic nitrogens is 1. The number of benzene rings is 1. The first kappa shape index (κ1) is 20.1. The van der Waals surface area contributed by atoms with Crippen LogP contribution in [-0.2, 0) is 10.0 Å². The fraction of sp³-hybridized carbons (Fsp3) is 0.368. The van der Waals surface area contributed by atoms with Gasteiger partial charge in [-0.15, -0.1) is 0 Å². The number of nitrogens with zero attached hydrogens (tertiary/aromatic N) is 2. The molecule has 26 heavy (non-hydrogen) atoms. The van der Waals surface area contributed by atoms with Crippen LogP contribution in [0.2, 0.25) is 0 Å². The first-order chi connectivity index (χ1) is 12.2. The number of hydrogen-bond acceptors (Lipinski definition) is 4. The molecule has 140 valence electrons. The van der Waals surface area contributed by atoms with Crippen molar-refractivity contribution in [3.05, 3.63) is 52.8 Å². The molecule has 1 N–H and O–H groups in total. The molecule has 7 heteroatoms. The van der Waals surface area contributed by atoms with Gasteiger partial charge in [-0.1, -0.05) is 19.9 Å². The molecule has 1 aromatic heterocycles. The molecule has 0 aliphatic carbocycles. The molecule has 0 unspecified atom stereocenters. The van der Waals surface area contributed by atoms with Gasteiger partial charge in [0.15, 0.2) is 0 Å². The smallest absolute Gasteiger partial charge is 0.255 e. The van der Waals surface area contributed by atoms with Crippen LogP contribution in [0.5, 0.6) is 0 Å². The fourth-order valence-corrected chi connectivity index (χ4v) is 4.41. The molecule has 0 saturated carbocycles. The average Bonchev–Trinajstić information content (AvgIpc) is 2.58. The third kappa shape index (κ3) is 4.11. The van der Waals surface area contributed by atoms with E-state index in [1.165, 1.54) is 16.4 Å². The zero-order valence-corrected chi connectivity index (χ0v) is 16.6. The van der Waals surface area contributed by atoms with E-state index in [1.807, 2.05) is 26.8 Å². The molecule has 1 heterocycles. The van der Waals surface area contributed by atoms with Crippen molar-refractivity contribution in [1.29, 1.82) is 0 Å². The molecule has 0 bridgehead atoms. The van der Waals surface area contributed by atoms with Gasteiger partial charge in [-0.3, -0.25) is 9.78 Å². The summed E-state index contributed by atoms with van der Waals surface area (Å²) in [4.78, 5) is 17.1. The molecule has 1 aromatic carbocycles. The van der Waals surface area contributed by atoms with Crippen LogP contribution in [0.15, 0.2) is 35.2 Å². The van der Waals surface area contributed by atoms with E-state index in [2.05, 4.69) is 10.3 Å². The summed E-state index contributed by atoms with van der Waals surface area (Å²) in [6, 6.07) is 7.99. The van der Waals surface area contributed by atoms with E-state index in [0.717, 1.165) is 17.0 Å². The van der Waals surface area contributed by atoms with Crippen LogP contribution in [0, 0.1) is 20.8 Å². The summed E-state index contributed by atoms with van der Waals surface area (Å²) in [5, 5.41) is 2.85. The van der Waals surface area contributed by atoms with Crippen molar-refractivity contribution in [2.45, 2.75) is 39.5 Å². The van der Waals surface area contributed by atoms with E-state index in [1.54, 1.807) is 26.0 Å². The van der Waals surface area contributed by atoms with Crippen molar-refractivity contribution in [3.8, 4) is 0 Å². The molecule has 2 rings (SSSR count). The Bertz CT molecular complexity index is 896. The molecule has 0 fully saturated rings. The molecule has 2 aromatic rings. The van der Waals surface area contributed by atoms with Gasteiger partial charge in [-0.05, 0) is 50.6 Å². The van der Waals surface area contributed by atoms with Gasteiger partial charge in [0, 0.05) is 24.3 Å². The zero-order valence-electron chi connectivity index (χ0n) is 15.8. The monoisotopic (exact) mass is 375 g/mol. The van der Waals surface area contributed by atoms with Crippen LogP contribution in [0.3, 0.4) is 0 Å². The topological polar surface area (TPSA) is 79.4 Å². The standard InChI is InChI=1S/C19H25N3O3S/c1-6-22(7-2)26(24,25)17-10-8-9-16(12-17)19(23)21-18-13(3)11-14(4)20-15(18)5/h8-12H,6-7H2,1-5H3,(H,21,23). The summed E-state index contributed by atoms with van der Waals surface area (Å²) in [5.74, 6) is -0.363. The lowest BCUT2D eigenvalue weighted by atomic mass is 10.1. The Labute approximate surface area is 155 Å². The highest BCUT2D eigenvalue weighted by Gasteiger charge is 2.22. The lowest BCUT2D eigenvalue weighted by Gasteiger charge is -2.19. The SMILES string of the molecule is CCN(CC)S(=O)(=O)c1cccc(C(=O)Nc2c(C)cc(C)nc2C)c1. The molecule has 1 amide bonds. The van der Waals surface area contributed by atoms with Crippen LogP contribution in [0.4, 0.5) is 5.69 Å². The van der Waals surface area contributed by atoms with Crippen molar-refractivity contribution >= 4 is 21.6 Å². The number of carbonyl (C=O) groups excluding carboxylic acids is 1. The minimum absolute atomic E-state index is 0.115. The van der Waals surface area contributed by atoms with Crippen molar-refractivity contribution < 1.29 is 13.2 Å². The quantitative estimate of drug-likeness (QED) is 0.840. The van der Waals surface area contributed by atoms with Gasteiger partial charge in [0.2, 0.25) is 10.0 Å². The molecule has 0 atom stereocenters. The summed E-state index contributed by atoms with van der Waals surface area (Å²) < 4.78 is 26.7. The van der Waals surface area contributed by atoms with Gasteiger partial charge in [0.25, 0.3) is 5.91 Å². The second-order valence-electron chi connectivity index (χ2n) is 6.11. The van der Waals surface area contributed by atoms with E-state index in [0.29, 0.717) is 18.8 Å². The van der Waals surface area contributed by atoms with Crippen LogP contribution in [-0.4, -0.2) is 36.7 Å². The lowest BCUT2D eigenvalue weighted by Crippen LogP contribution is -2.30. The molecule has 0 saturated heterocycles. The maximum atomic E-state index is 12.7. The lowest BCUT2D eigenvalue weighted by molar-refractivity contribution is 0.102. The van der Waals surface area contributed by atoms with Gasteiger partial charge in [0.05, 0.1) is 16.3 Å². The molecule has 0 aliphatic heterocycles. The van der Waals surface area contributed by atoms with E-state index < -0.39 is 10.0 Å². The summed E-state index contributed by atoms with van der Waals surface area (Å²) in [6.07, 6.45) is 0. The van der Waals surface area contributed by atoms with Gasteiger partial charge in [-0.2, -0.15) is 4.31 Å². The molecular weight excluding hydrogens is 350 g/mol. The number of carbonyl (C=O) groups is 1. The number of anilines is 1. The molecule has 0 radical (unpaired) electrons. The van der Waals surface area contributed by atoms with Gasteiger partial charge >= 0.3 is 0 Å². The number of nitrogens with one attached hydrogen (secondary N) is 1. The maximum Gasteiger partial charge on any atom is 0.255 e. The molecule has 0 aliphatic rings. The van der Waals surface area contributed by atoms with Crippen molar-refractivity contribution in [1.82, 2.24) is 9.29 Å². The number of hydrogen-bond donors (Lipinski definition) is 1. The van der Waals surface area contributed by atoms with E-state index in [-0.39, 0.29) is 16.4 Å². The van der Waals surface area contributed by atoms with Crippen molar-refractivity contribution in [2.24, 2.45) is 0 Å². The highest BCUT2D eigenvalue weighted by atomic mass is 32.2. The third-order valence-electron chi connectivity index (χ3n) is 4.20. The molecule has 0 spiro atoms. The Morgan fingerprint density at radius 3 is 2.35 bits per heavy atom. The zero-order chi connectivity index (χ0) is 19.5. The molecular formula is C19H25N3O3S. The number of rotatable bonds is 6. The highest BCUT2D eigenvalue weighted by Crippen LogP contribution is 2.21. The Morgan fingerprint density at radius 1 is 1.12 bits per heavy atom. The summed E-state index contributed by atoms with van der Waals surface area (Å²) in [5.41, 5.74) is 3.46. The van der Waals surface area contributed by atoms with Crippen LogP contribution in [0.1, 0.15) is 41.2 Å². The Kier molecular flexibility index (Phi) is 6.15. The minimum Gasteiger partial charge on any atom is -0.320 e. The highest BCUT2D eigenvalue weighted by molar-refractivity contribution is 7.89. The normalized spacial score (nSPS) is 11.6. The maximum absolute atomic E-state index is 12.7. The summed E-state index contributed by atoms with van der Waals surface area (Å²) in [6.45, 7) is 9.95. The first-order valence-corrected chi connectivity index (χ1v) is 10.0. The van der Waals surface area contributed by atoms with E-state index in [9.17, 15) is 13.2 Å². The predicted octanol–water partition coefficient (Wildman–Crippen LogP) is 3.29. The first-order valence-electron chi connectivity index (χ1n) is 8.57. The van der Waals surface area contributed by atoms with Gasteiger partial charge in [-0.25, -0.2) is 8.42 Å². The van der Waals surface area contributed by atoms with Gasteiger partial charge in [0.1, 0.15) is 0 Å². The minimum atomic E-state index is -3.61. The number of aryl methyl sites for hydroxylation is 3. The fourth-order valence-electron chi connectivity index (χ4n) is 2.91. The summed E-state index contributed by atoms with van der Waals surface area (Å²) >= 11 is 0. The third-order valence-corrected chi connectivity index (χ3v) is 6.25. The van der Waals surface area contributed by atoms with Crippen LogP contribution >= 0.6 is 0 Å². The number of amides is 1. The number of pyridine rings is 1. The Hall–Kier alpha value is -2.25. The second-order valence-corrected chi connectivity index (χ2v) is 8.05. The van der Waals surface area contributed by atoms with E-state index >= 15 is 0 Å². The number of sulfonamides is 1. The van der Waals surface area contributed by atoms with Crippen molar-refractivity contribution in [2.75, 3.05) is 18.4 Å². The molecule has 6 nitrogen and oxygen atoms in total. The van der Waals surface area contributed by atoms with E-state index in [4.69, 9.17) is 0 Å². The van der Waals surface area contributed by atoms with Crippen molar-refractivity contribution in [3.63, 3.8) is 0 Å². The second kappa shape index (κ2) is 7.97. The van der Waals surface area contributed by atoms with Crippen LogP contribution < -0.4 is 5.32 Å². The largest absolute Gasteiger partial charge is 0.320 e. The predicted molar refractivity (Wildman–Crippen MR) is 103 cm³/mol. The van der Waals surface area contributed by atoms with Gasteiger partial charge < -0.3 is 5.32 Å². The van der Waals surface area contributed by atoms with Crippen LogP contribution in [0.25, 0.3) is 0 Å². The Balaban J connectivity index is 2.35. The average molecular weight is 375 g/mol. The Morgan fingerprint density at radius 2 is 1.77 bits per heavy atom. The summed E-state index contributed by atoms with van der Waals surface area (Å²) in [7, 11) is -3.61.